The van der Waals surface area contributed by atoms with E-state index in [4.69, 9.17) is 9.47 Å². The number of benzene rings is 2. The van der Waals surface area contributed by atoms with E-state index in [0.717, 1.165) is 5.56 Å². The average molecular weight is 396 g/mol. The summed E-state index contributed by atoms with van der Waals surface area (Å²) in [7, 11) is 3.14. The van der Waals surface area contributed by atoms with Gasteiger partial charge in [0.25, 0.3) is 0 Å². The topological polar surface area (TPSA) is 76.7 Å². The summed E-state index contributed by atoms with van der Waals surface area (Å²) in [6.45, 7) is 4.56. The number of ether oxygens (including phenoxy) is 2. The van der Waals surface area contributed by atoms with Crippen LogP contribution in [-0.4, -0.2) is 26.0 Å². The molecule has 2 N–H and O–H groups in total. The zero-order valence-corrected chi connectivity index (χ0v) is 17.4. The van der Waals surface area contributed by atoms with Gasteiger partial charge in [-0.2, -0.15) is 0 Å². The van der Waals surface area contributed by atoms with E-state index in [1.807, 2.05) is 36.4 Å². The highest BCUT2D eigenvalue weighted by Gasteiger charge is 2.56. The Hall–Kier alpha value is -3.02. The molecule has 1 fully saturated rings. The number of methoxy groups -OCH3 is 2. The van der Waals surface area contributed by atoms with Gasteiger partial charge in [-0.25, -0.2) is 0 Å². The molecule has 29 heavy (non-hydrogen) atoms. The van der Waals surface area contributed by atoms with Gasteiger partial charge in [0.05, 0.1) is 14.2 Å². The van der Waals surface area contributed by atoms with Gasteiger partial charge < -0.3 is 20.1 Å². The number of rotatable bonds is 8. The van der Waals surface area contributed by atoms with Crippen molar-refractivity contribution in [3.8, 4) is 11.5 Å². The highest BCUT2D eigenvalue weighted by atomic mass is 16.5. The zero-order valence-electron chi connectivity index (χ0n) is 17.4. The molecule has 1 saturated carbocycles. The van der Waals surface area contributed by atoms with Gasteiger partial charge in [0.2, 0.25) is 11.8 Å². The molecule has 0 atom stereocenters. The third kappa shape index (κ3) is 4.53. The third-order valence-electron chi connectivity index (χ3n) is 5.36. The largest absolute Gasteiger partial charge is 0.493 e. The van der Waals surface area contributed by atoms with E-state index < -0.39 is 5.41 Å². The molecule has 6 heteroatoms. The summed E-state index contributed by atoms with van der Waals surface area (Å²) in [5, 5.41) is 5.77. The van der Waals surface area contributed by atoms with E-state index in [2.05, 4.69) is 24.5 Å². The predicted octanol–water partition coefficient (Wildman–Crippen LogP) is 3.86. The van der Waals surface area contributed by atoms with Crippen molar-refractivity contribution in [1.29, 1.82) is 0 Å². The van der Waals surface area contributed by atoms with Crippen LogP contribution in [0.2, 0.25) is 0 Å². The van der Waals surface area contributed by atoms with Crippen LogP contribution in [0.1, 0.15) is 43.7 Å². The molecule has 0 aliphatic heterocycles. The number of hydrogen-bond acceptors (Lipinski definition) is 4. The Labute approximate surface area is 171 Å². The first kappa shape index (κ1) is 20.7. The Kier molecular flexibility index (Phi) is 6.11. The molecule has 0 spiro atoms. The smallest absolute Gasteiger partial charge is 0.240 e. The van der Waals surface area contributed by atoms with Gasteiger partial charge in [-0.3, -0.25) is 9.59 Å². The number of amides is 2. The van der Waals surface area contributed by atoms with Gasteiger partial charge in [-0.1, -0.05) is 32.0 Å². The van der Waals surface area contributed by atoms with E-state index in [0.29, 0.717) is 42.5 Å². The van der Waals surface area contributed by atoms with E-state index in [1.165, 1.54) is 5.56 Å². The SMILES string of the molecule is COc1ccc(CNC(=O)C2(C(=O)Nc3ccc(C(C)C)cc3)CC2)cc1OC. The Bertz CT molecular complexity index is 886. The maximum atomic E-state index is 12.7. The number of nitrogens with one attached hydrogen (secondary N) is 2. The summed E-state index contributed by atoms with van der Waals surface area (Å²) < 4.78 is 10.5. The van der Waals surface area contributed by atoms with Gasteiger partial charge in [0.1, 0.15) is 5.41 Å². The van der Waals surface area contributed by atoms with Gasteiger partial charge in [0, 0.05) is 12.2 Å². The Morgan fingerprint density at radius 2 is 1.62 bits per heavy atom. The summed E-state index contributed by atoms with van der Waals surface area (Å²) in [4.78, 5) is 25.5. The van der Waals surface area contributed by atoms with Crippen molar-refractivity contribution in [3.63, 3.8) is 0 Å². The second-order valence-electron chi connectivity index (χ2n) is 7.68. The van der Waals surface area contributed by atoms with Crippen LogP contribution in [0.4, 0.5) is 5.69 Å². The molecule has 6 nitrogen and oxygen atoms in total. The fourth-order valence-electron chi connectivity index (χ4n) is 3.23. The maximum absolute atomic E-state index is 12.7. The molecule has 154 valence electrons. The van der Waals surface area contributed by atoms with Crippen molar-refractivity contribution in [1.82, 2.24) is 5.32 Å². The van der Waals surface area contributed by atoms with Crippen LogP contribution in [0.5, 0.6) is 11.5 Å². The lowest BCUT2D eigenvalue weighted by atomic mass is 10.0. The lowest BCUT2D eigenvalue weighted by Gasteiger charge is -2.16. The maximum Gasteiger partial charge on any atom is 0.240 e. The minimum absolute atomic E-state index is 0.247. The van der Waals surface area contributed by atoms with Crippen LogP contribution in [0.25, 0.3) is 0 Å². The van der Waals surface area contributed by atoms with E-state index in [1.54, 1.807) is 20.3 Å². The van der Waals surface area contributed by atoms with Crippen LogP contribution in [0, 0.1) is 5.41 Å². The lowest BCUT2D eigenvalue weighted by Crippen LogP contribution is -2.39. The molecule has 0 bridgehead atoms. The van der Waals surface area contributed by atoms with E-state index in [-0.39, 0.29) is 11.8 Å². The number of carbonyl (C=O) groups excluding carboxylic acids is 2. The van der Waals surface area contributed by atoms with Crippen molar-refractivity contribution in [2.24, 2.45) is 5.41 Å². The van der Waals surface area contributed by atoms with E-state index in [9.17, 15) is 9.59 Å². The normalized spacial score (nSPS) is 14.2. The second-order valence-corrected chi connectivity index (χ2v) is 7.68. The van der Waals surface area contributed by atoms with Crippen molar-refractivity contribution in [3.05, 3.63) is 53.6 Å². The van der Waals surface area contributed by atoms with Gasteiger partial charge in [-0.15, -0.1) is 0 Å². The van der Waals surface area contributed by atoms with Crippen molar-refractivity contribution >= 4 is 17.5 Å². The third-order valence-corrected chi connectivity index (χ3v) is 5.36. The van der Waals surface area contributed by atoms with Gasteiger partial charge >= 0.3 is 0 Å². The standard InChI is InChI=1S/C23H28N2O4/c1-15(2)17-6-8-18(9-7-17)25-22(27)23(11-12-23)21(26)24-14-16-5-10-19(28-3)20(13-16)29-4/h5-10,13,15H,11-12,14H2,1-4H3,(H,24,26)(H,25,27). The van der Waals surface area contributed by atoms with Gasteiger partial charge in [0.15, 0.2) is 11.5 Å². The molecule has 0 radical (unpaired) electrons. The van der Waals surface area contributed by atoms with E-state index >= 15 is 0 Å². The van der Waals surface area contributed by atoms with Crippen LogP contribution >= 0.6 is 0 Å². The number of carbonyl (C=O) groups is 2. The minimum atomic E-state index is -0.979. The molecular weight excluding hydrogens is 368 g/mol. The molecule has 3 rings (SSSR count). The molecule has 1 aliphatic rings. The summed E-state index contributed by atoms with van der Waals surface area (Å²) in [6.07, 6.45) is 1.11. The molecule has 1 aliphatic carbocycles. The first-order valence-electron chi connectivity index (χ1n) is 9.80. The van der Waals surface area contributed by atoms with Crippen molar-refractivity contribution in [2.75, 3.05) is 19.5 Å². The van der Waals surface area contributed by atoms with Crippen LogP contribution in [0.15, 0.2) is 42.5 Å². The summed E-state index contributed by atoms with van der Waals surface area (Å²) in [5.74, 6) is 1.16. The molecule has 0 heterocycles. The molecule has 0 unspecified atom stereocenters. The Balaban J connectivity index is 1.60. The molecule has 0 aromatic heterocycles. The predicted molar refractivity (Wildman–Crippen MR) is 112 cm³/mol. The van der Waals surface area contributed by atoms with Gasteiger partial charge in [-0.05, 0) is 54.2 Å². The highest BCUT2D eigenvalue weighted by Crippen LogP contribution is 2.47. The Morgan fingerprint density at radius 3 is 2.17 bits per heavy atom. The first-order chi connectivity index (χ1) is 13.9. The second kappa shape index (κ2) is 8.55. The van der Waals surface area contributed by atoms with Crippen LogP contribution in [0.3, 0.4) is 0 Å². The molecule has 2 amide bonds. The number of hydrogen-bond donors (Lipinski definition) is 2. The molecule has 2 aromatic carbocycles. The quantitative estimate of drug-likeness (QED) is 0.664. The monoisotopic (exact) mass is 396 g/mol. The molecular formula is C23H28N2O4. The Morgan fingerprint density at radius 1 is 0.966 bits per heavy atom. The highest BCUT2D eigenvalue weighted by molar-refractivity contribution is 6.13. The summed E-state index contributed by atoms with van der Waals surface area (Å²) in [5.41, 5.74) is 1.81. The first-order valence-corrected chi connectivity index (χ1v) is 9.80. The van der Waals surface area contributed by atoms with Crippen LogP contribution < -0.4 is 20.1 Å². The molecule has 0 saturated heterocycles. The minimum Gasteiger partial charge on any atom is -0.493 e. The fraction of sp³-hybridized carbons (Fsp3) is 0.391. The van der Waals surface area contributed by atoms with Crippen molar-refractivity contribution in [2.45, 2.75) is 39.2 Å². The fourth-order valence-corrected chi connectivity index (χ4v) is 3.23. The lowest BCUT2D eigenvalue weighted by molar-refractivity contribution is -0.134. The zero-order chi connectivity index (χ0) is 21.0. The van der Waals surface area contributed by atoms with Crippen LogP contribution in [-0.2, 0) is 16.1 Å². The molecule has 2 aromatic rings. The summed E-state index contributed by atoms with van der Waals surface area (Å²) in [6, 6.07) is 13.2. The summed E-state index contributed by atoms with van der Waals surface area (Å²) >= 11 is 0. The number of anilines is 1. The average Bonchev–Trinajstić information content (AvgIpc) is 3.54. The van der Waals surface area contributed by atoms with Crippen molar-refractivity contribution < 1.29 is 19.1 Å².